The molecule has 0 aliphatic heterocycles. The summed E-state index contributed by atoms with van der Waals surface area (Å²) in [5.41, 5.74) is 3.81. The topological polar surface area (TPSA) is 61.7 Å². The van der Waals surface area contributed by atoms with Gasteiger partial charge in [-0.3, -0.25) is 4.79 Å². The third-order valence-electron chi connectivity index (χ3n) is 5.30. The van der Waals surface area contributed by atoms with Gasteiger partial charge in [0, 0.05) is 36.8 Å². The van der Waals surface area contributed by atoms with Gasteiger partial charge in [0.25, 0.3) is 5.56 Å². The number of pyridine rings is 1. The normalized spacial score (nSPS) is 11.1. The maximum Gasteiger partial charge on any atom is 0.255 e. The molecule has 0 unspecified atom stereocenters. The minimum atomic E-state index is -0.00222. The molecule has 2 aromatic carbocycles. The van der Waals surface area contributed by atoms with Crippen LogP contribution in [0, 0.1) is 6.92 Å². The summed E-state index contributed by atoms with van der Waals surface area (Å²) in [6.07, 6.45) is 0.907. The number of nitrogens with one attached hydrogen (secondary N) is 1. The van der Waals surface area contributed by atoms with Crippen molar-refractivity contribution in [3.8, 4) is 11.5 Å². The average molecular weight is 425 g/mol. The maximum absolute atomic E-state index is 13.4. The van der Waals surface area contributed by atoms with Crippen LogP contribution in [-0.2, 0) is 17.8 Å². The summed E-state index contributed by atoms with van der Waals surface area (Å²) >= 11 is 0. The lowest BCUT2D eigenvalue weighted by Crippen LogP contribution is -2.28. The molecule has 0 saturated heterocycles. The Labute approximate surface area is 183 Å². The quantitative estimate of drug-likeness (QED) is 0.473. The lowest BCUT2D eigenvalue weighted by atomic mass is 10.1. The van der Waals surface area contributed by atoms with Crippen LogP contribution in [0.4, 0.5) is 0 Å². The van der Waals surface area contributed by atoms with Gasteiger partial charge in [0.1, 0.15) is 0 Å². The molecule has 0 amide bonds. The minimum Gasteiger partial charge on any atom is -0.493 e. The number of fused-ring (bicyclic) bond motifs is 1. The lowest BCUT2D eigenvalue weighted by molar-refractivity contribution is 0.144. The smallest absolute Gasteiger partial charge is 0.255 e. The number of benzene rings is 2. The molecule has 0 spiro atoms. The molecule has 0 aliphatic rings. The van der Waals surface area contributed by atoms with Crippen LogP contribution in [0.25, 0.3) is 10.9 Å². The highest BCUT2D eigenvalue weighted by molar-refractivity contribution is 5.84. The van der Waals surface area contributed by atoms with Crippen molar-refractivity contribution in [3.05, 3.63) is 69.5 Å². The van der Waals surface area contributed by atoms with Crippen LogP contribution in [0.1, 0.15) is 30.0 Å². The Balaban J connectivity index is 1.98. The van der Waals surface area contributed by atoms with Gasteiger partial charge in [-0.1, -0.05) is 29.8 Å². The Bertz CT molecular complexity index is 1060. The van der Waals surface area contributed by atoms with E-state index < -0.39 is 0 Å². The second-order valence-corrected chi connectivity index (χ2v) is 7.54. The molecule has 31 heavy (non-hydrogen) atoms. The number of aromatic nitrogens is 1. The Morgan fingerprint density at radius 3 is 2.39 bits per heavy atom. The summed E-state index contributed by atoms with van der Waals surface area (Å²) < 4.78 is 18.2. The minimum absolute atomic E-state index is 0.00222. The van der Waals surface area contributed by atoms with E-state index in [1.54, 1.807) is 14.2 Å². The molecule has 6 nitrogen and oxygen atoms in total. The first-order valence-electron chi connectivity index (χ1n) is 10.7. The summed E-state index contributed by atoms with van der Waals surface area (Å²) in [5.74, 6) is 1.25. The molecule has 0 atom stereocenters. The van der Waals surface area contributed by atoms with Crippen molar-refractivity contribution in [2.24, 2.45) is 0 Å². The van der Waals surface area contributed by atoms with Crippen LogP contribution in [0.5, 0.6) is 11.5 Å². The van der Waals surface area contributed by atoms with Crippen LogP contribution in [-0.4, -0.2) is 38.5 Å². The number of nitrogens with zero attached hydrogens (tertiary/aromatic N) is 1. The van der Waals surface area contributed by atoms with E-state index in [4.69, 9.17) is 14.2 Å². The standard InChI is InChI=1S/C25H32N2O4/c1-5-31-12-6-11-26-16-21-13-20-14-23(29-3)24(30-4)15-22(20)27(25(21)28)17-19-9-7-18(2)8-10-19/h7-10,13-15,26H,5-6,11-12,16-17H2,1-4H3. The van der Waals surface area contributed by atoms with Crippen molar-refractivity contribution in [1.82, 2.24) is 9.88 Å². The zero-order chi connectivity index (χ0) is 22.2. The molecule has 0 radical (unpaired) electrons. The largest absolute Gasteiger partial charge is 0.493 e. The van der Waals surface area contributed by atoms with Crippen LogP contribution < -0.4 is 20.3 Å². The fourth-order valence-electron chi connectivity index (χ4n) is 3.59. The molecular weight excluding hydrogens is 392 g/mol. The molecule has 6 heteroatoms. The zero-order valence-electron chi connectivity index (χ0n) is 18.9. The summed E-state index contributed by atoms with van der Waals surface area (Å²) in [6, 6.07) is 14.0. The highest BCUT2D eigenvalue weighted by Crippen LogP contribution is 2.32. The van der Waals surface area contributed by atoms with Gasteiger partial charge in [-0.25, -0.2) is 0 Å². The van der Waals surface area contributed by atoms with Gasteiger partial charge in [-0.15, -0.1) is 0 Å². The fraction of sp³-hybridized carbons (Fsp3) is 0.400. The Hall–Kier alpha value is -2.83. The van der Waals surface area contributed by atoms with E-state index in [2.05, 4.69) is 36.5 Å². The number of methoxy groups -OCH3 is 2. The highest BCUT2D eigenvalue weighted by atomic mass is 16.5. The number of ether oxygens (including phenoxy) is 3. The maximum atomic E-state index is 13.4. The van der Waals surface area contributed by atoms with E-state index in [-0.39, 0.29) is 5.56 Å². The van der Waals surface area contributed by atoms with Crippen LogP contribution >= 0.6 is 0 Å². The van der Waals surface area contributed by atoms with Gasteiger partial charge < -0.3 is 24.1 Å². The van der Waals surface area contributed by atoms with E-state index in [1.165, 1.54) is 5.56 Å². The molecule has 3 aromatic rings. The number of aryl methyl sites for hydroxylation is 1. The monoisotopic (exact) mass is 424 g/mol. The molecule has 0 fully saturated rings. The summed E-state index contributed by atoms with van der Waals surface area (Å²) in [4.78, 5) is 13.4. The highest BCUT2D eigenvalue weighted by Gasteiger charge is 2.14. The van der Waals surface area contributed by atoms with E-state index in [9.17, 15) is 4.79 Å². The Morgan fingerprint density at radius 2 is 1.71 bits per heavy atom. The van der Waals surface area contributed by atoms with Crippen molar-refractivity contribution in [3.63, 3.8) is 0 Å². The predicted molar refractivity (Wildman–Crippen MR) is 124 cm³/mol. The second-order valence-electron chi connectivity index (χ2n) is 7.54. The summed E-state index contributed by atoms with van der Waals surface area (Å²) in [7, 11) is 3.22. The van der Waals surface area contributed by atoms with Gasteiger partial charge in [0.2, 0.25) is 0 Å². The van der Waals surface area contributed by atoms with Crippen molar-refractivity contribution in [1.29, 1.82) is 0 Å². The van der Waals surface area contributed by atoms with Gasteiger partial charge in [-0.2, -0.15) is 0 Å². The van der Waals surface area contributed by atoms with Gasteiger partial charge in [0.05, 0.1) is 26.3 Å². The first-order chi connectivity index (χ1) is 15.1. The molecule has 3 rings (SSSR count). The second kappa shape index (κ2) is 11.0. The summed E-state index contributed by atoms with van der Waals surface area (Å²) in [6.45, 7) is 7.27. The van der Waals surface area contributed by atoms with Gasteiger partial charge >= 0.3 is 0 Å². The Morgan fingerprint density at radius 1 is 1.00 bits per heavy atom. The average Bonchev–Trinajstić information content (AvgIpc) is 2.79. The SMILES string of the molecule is CCOCCCNCc1cc2cc(OC)c(OC)cc2n(Cc2ccc(C)cc2)c1=O. The van der Waals surface area contributed by atoms with Crippen molar-refractivity contribution in [2.45, 2.75) is 33.4 Å². The van der Waals surface area contributed by atoms with E-state index >= 15 is 0 Å². The van der Waals surface area contributed by atoms with Crippen LogP contribution in [0.15, 0.2) is 47.3 Å². The van der Waals surface area contributed by atoms with Crippen LogP contribution in [0.2, 0.25) is 0 Å². The van der Waals surface area contributed by atoms with Crippen molar-refractivity contribution < 1.29 is 14.2 Å². The molecule has 1 N–H and O–H groups in total. The molecule has 1 heterocycles. The third kappa shape index (κ3) is 5.66. The number of rotatable bonds is 11. The van der Waals surface area contributed by atoms with Crippen LogP contribution in [0.3, 0.4) is 0 Å². The van der Waals surface area contributed by atoms with E-state index in [0.717, 1.165) is 48.2 Å². The Kier molecular flexibility index (Phi) is 8.09. The lowest BCUT2D eigenvalue weighted by Gasteiger charge is -2.16. The first-order valence-corrected chi connectivity index (χ1v) is 10.7. The van der Waals surface area contributed by atoms with Gasteiger partial charge in [-0.05, 0) is 44.5 Å². The fourth-order valence-corrected chi connectivity index (χ4v) is 3.59. The van der Waals surface area contributed by atoms with Crippen molar-refractivity contribution in [2.75, 3.05) is 34.0 Å². The van der Waals surface area contributed by atoms with E-state index in [1.807, 2.05) is 29.7 Å². The number of hydrogen-bond acceptors (Lipinski definition) is 5. The molecule has 0 bridgehead atoms. The van der Waals surface area contributed by atoms with E-state index in [0.29, 0.717) is 24.6 Å². The first kappa shape index (κ1) is 22.8. The zero-order valence-corrected chi connectivity index (χ0v) is 18.9. The third-order valence-corrected chi connectivity index (χ3v) is 5.30. The molecule has 0 aliphatic carbocycles. The molecule has 1 aromatic heterocycles. The van der Waals surface area contributed by atoms with Gasteiger partial charge in [0.15, 0.2) is 11.5 Å². The predicted octanol–water partition coefficient (Wildman–Crippen LogP) is 3.89. The molecular formula is C25H32N2O4. The molecule has 0 saturated carbocycles. The van der Waals surface area contributed by atoms with Crippen molar-refractivity contribution >= 4 is 10.9 Å². The summed E-state index contributed by atoms with van der Waals surface area (Å²) in [5, 5.41) is 4.31. The molecule has 166 valence electrons. The number of hydrogen-bond donors (Lipinski definition) is 1.